The quantitative estimate of drug-likeness (QED) is 0.662. The van der Waals surface area contributed by atoms with Gasteiger partial charge in [0.25, 0.3) is 0 Å². The molecule has 0 saturated heterocycles. The Hall–Kier alpha value is 1.10. The third kappa shape index (κ3) is 9.65. The van der Waals surface area contributed by atoms with Crippen LogP contribution in [0.15, 0.2) is 0 Å². The van der Waals surface area contributed by atoms with Gasteiger partial charge in [-0.05, 0) is 0 Å². The molecule has 0 aliphatic carbocycles. The second-order valence-corrected chi connectivity index (χ2v) is 6.21. The molecule has 0 aliphatic heterocycles. The third-order valence-electron chi connectivity index (χ3n) is 2.50. The van der Waals surface area contributed by atoms with Crippen molar-refractivity contribution in [3.63, 3.8) is 0 Å². The summed E-state index contributed by atoms with van der Waals surface area (Å²) in [6, 6.07) is 0. The van der Waals surface area contributed by atoms with Crippen molar-refractivity contribution >= 4 is 0 Å². The molecule has 0 saturated carbocycles. The molecule has 0 aliphatic rings. The van der Waals surface area contributed by atoms with Crippen LogP contribution in [0.2, 0.25) is 0 Å². The van der Waals surface area contributed by atoms with E-state index in [9.17, 15) is 0 Å². The first-order chi connectivity index (χ1) is 5.63. The van der Waals surface area contributed by atoms with E-state index in [1.54, 1.807) is 0 Å². The number of hydrogen-bond acceptors (Lipinski definition) is 0. The van der Waals surface area contributed by atoms with E-state index in [-0.39, 0.29) is 32.7 Å². The van der Waals surface area contributed by atoms with Crippen LogP contribution in [0.4, 0.5) is 0 Å². The van der Waals surface area contributed by atoms with Crippen molar-refractivity contribution in [2.75, 3.05) is 0 Å². The Bertz CT molecular complexity index is 136. The van der Waals surface area contributed by atoms with E-state index in [2.05, 4.69) is 54.9 Å². The van der Waals surface area contributed by atoms with E-state index in [0.29, 0.717) is 16.7 Å². The van der Waals surface area contributed by atoms with Gasteiger partial charge in [-0.15, -0.1) is 6.42 Å². The van der Waals surface area contributed by atoms with Gasteiger partial charge in [0, 0.05) is 32.7 Å². The van der Waals surface area contributed by atoms with Crippen LogP contribution >= 0.6 is 0 Å². The second kappa shape index (κ2) is 6.64. The molecule has 0 N–H and O–H groups in total. The van der Waals surface area contributed by atoms with Gasteiger partial charge in [-0.1, -0.05) is 47.0 Å². The van der Waals surface area contributed by atoms with Gasteiger partial charge in [0.2, 0.25) is 0 Å². The molecule has 0 amide bonds. The molecule has 1 radical (unpaired) electrons. The zero-order valence-electron chi connectivity index (χ0n) is 10.9. The fourth-order valence-corrected chi connectivity index (χ4v) is 1.15. The van der Waals surface area contributed by atoms with Crippen molar-refractivity contribution in [1.82, 2.24) is 0 Å². The van der Waals surface area contributed by atoms with E-state index < -0.39 is 0 Å². The Balaban J connectivity index is 0. The molecule has 0 aromatic heterocycles. The number of rotatable bonds is 3. The molecule has 14 heavy (non-hydrogen) atoms. The monoisotopic (exact) mass is 271 g/mol. The average Bonchev–Trinajstić information content (AvgIpc) is 1.82. The Labute approximate surface area is 117 Å². The predicted octanol–water partition coefficient (Wildman–Crippen LogP) is 4.51. The van der Waals surface area contributed by atoms with Crippen molar-refractivity contribution in [3.05, 3.63) is 13.3 Å². The van der Waals surface area contributed by atoms with Crippen LogP contribution in [0, 0.1) is 30.1 Å². The van der Waals surface area contributed by atoms with Crippen molar-refractivity contribution in [2.45, 2.75) is 54.4 Å². The molecule has 0 aromatic carbocycles. The van der Waals surface area contributed by atoms with Crippen LogP contribution in [0.3, 0.4) is 0 Å². The average molecular weight is 271 g/mol. The Kier molecular flexibility index (Phi) is 8.29. The van der Waals surface area contributed by atoms with Gasteiger partial charge in [-0.2, -0.15) is 17.8 Å². The van der Waals surface area contributed by atoms with E-state index in [1.165, 1.54) is 12.8 Å². The van der Waals surface area contributed by atoms with E-state index in [0.717, 1.165) is 0 Å². The van der Waals surface area contributed by atoms with Crippen LogP contribution in [0.5, 0.6) is 0 Å². The van der Waals surface area contributed by atoms with Gasteiger partial charge in [-0.25, -0.2) is 0 Å². The van der Waals surface area contributed by atoms with Crippen LogP contribution < -0.4 is 0 Å². The number of hydrogen-bond donors (Lipinski definition) is 0. The first-order valence-electron chi connectivity index (χ1n) is 5.30. The summed E-state index contributed by atoms with van der Waals surface area (Å²) in [6.07, 6.45) is 4.80. The maximum atomic E-state index is 4.21. The second-order valence-electron chi connectivity index (χ2n) is 6.21. The summed E-state index contributed by atoms with van der Waals surface area (Å²) < 4.78 is 0. The van der Waals surface area contributed by atoms with E-state index >= 15 is 0 Å². The van der Waals surface area contributed by atoms with Crippen molar-refractivity contribution in [1.29, 1.82) is 0 Å². The van der Waals surface area contributed by atoms with Crippen LogP contribution in [0.1, 0.15) is 54.4 Å². The molecule has 1 unspecified atom stereocenters. The first kappa shape index (κ1) is 17.5. The normalized spacial score (nSPS) is 14.8. The minimum atomic E-state index is 0. The zero-order valence-corrected chi connectivity index (χ0v) is 13.7. The van der Waals surface area contributed by atoms with Gasteiger partial charge in [0.1, 0.15) is 0 Å². The fourth-order valence-electron chi connectivity index (χ4n) is 1.15. The summed E-state index contributed by atoms with van der Waals surface area (Å²) in [5, 5.41) is 0. The molecule has 83 valence electrons. The Morgan fingerprint density at radius 2 is 1.50 bits per heavy atom. The maximum absolute atomic E-state index is 4.21. The van der Waals surface area contributed by atoms with Crippen LogP contribution in [0.25, 0.3) is 0 Å². The summed E-state index contributed by atoms with van der Waals surface area (Å²) in [5.74, 6) is 0.561. The van der Waals surface area contributed by atoms with Crippen molar-refractivity contribution in [2.24, 2.45) is 16.7 Å². The minimum Gasteiger partial charge on any atom is -0.340 e. The molecule has 0 aromatic rings. The maximum Gasteiger partial charge on any atom is 0 e. The first-order valence-corrected chi connectivity index (χ1v) is 5.30. The molecule has 0 heterocycles. The Morgan fingerprint density at radius 1 is 1.07 bits per heavy atom. The van der Waals surface area contributed by atoms with Gasteiger partial charge >= 0.3 is 0 Å². The van der Waals surface area contributed by atoms with E-state index in [4.69, 9.17) is 0 Å². The van der Waals surface area contributed by atoms with Crippen molar-refractivity contribution < 1.29 is 32.7 Å². The van der Waals surface area contributed by atoms with Crippen molar-refractivity contribution in [3.8, 4) is 0 Å². The molecule has 0 bridgehead atoms. The zero-order chi connectivity index (χ0) is 10.7. The molecule has 1 atom stereocenters. The molecule has 1 heteroatoms. The molecule has 0 rings (SSSR count). The fraction of sp³-hybridized carbons (Fsp3) is 0.846. The van der Waals surface area contributed by atoms with Gasteiger partial charge < -0.3 is 13.3 Å². The SMILES string of the molecule is [CH2-]C(CC[CH-]C(C)(C)C)C(C)(C)C.[Y]. The van der Waals surface area contributed by atoms with Crippen LogP contribution in [-0.2, 0) is 32.7 Å². The summed E-state index contributed by atoms with van der Waals surface area (Å²) in [4.78, 5) is 0. The minimum absolute atomic E-state index is 0. The standard InChI is InChI=1S/C13H26.Y/c1-11(13(5,6)7)9-8-10-12(2,3)4;/h10-11H,1,8-9H2,2-7H3;/q-2;. The Morgan fingerprint density at radius 3 is 1.79 bits per heavy atom. The van der Waals surface area contributed by atoms with Gasteiger partial charge in [0.15, 0.2) is 0 Å². The summed E-state index contributed by atoms with van der Waals surface area (Å²) in [5.41, 5.74) is 0.712. The predicted molar refractivity (Wildman–Crippen MR) is 61.3 cm³/mol. The summed E-state index contributed by atoms with van der Waals surface area (Å²) in [6.45, 7) is 17.8. The topological polar surface area (TPSA) is 0 Å². The molecule has 0 fully saturated rings. The third-order valence-corrected chi connectivity index (χ3v) is 2.50. The largest absolute Gasteiger partial charge is 0.340 e. The van der Waals surface area contributed by atoms with Crippen LogP contribution in [-0.4, -0.2) is 0 Å². The molecular formula is C13H26Y-2. The van der Waals surface area contributed by atoms with E-state index in [1.807, 2.05) is 0 Å². The summed E-state index contributed by atoms with van der Waals surface area (Å²) >= 11 is 0. The molecular weight excluding hydrogens is 245 g/mol. The van der Waals surface area contributed by atoms with Gasteiger partial charge in [0.05, 0.1) is 0 Å². The molecule has 0 nitrogen and oxygen atoms in total. The summed E-state index contributed by atoms with van der Waals surface area (Å²) in [7, 11) is 0. The smallest absolute Gasteiger partial charge is 0 e. The molecule has 0 spiro atoms. The van der Waals surface area contributed by atoms with Gasteiger partial charge in [-0.3, -0.25) is 0 Å².